The van der Waals surface area contributed by atoms with Crippen LogP contribution in [0.1, 0.15) is 43.1 Å². The standard InChI is InChI=1S/C29H31N5O4/c1-20(2)31-28(36)29(19-21-9-4-3-5-10-21)26(24-11-6-7-12-25(24)33-34-30)38-27(32-29)22-13-15-23(16-14-22)37-18-8-17-35/h3-7,9-16,20,26,35H,8,17-19H2,1-2H3,(H,31,36)/t26-,29-/m1/s1. The fourth-order valence-corrected chi connectivity index (χ4v) is 4.40. The Balaban J connectivity index is 1.82. The molecule has 1 amide bonds. The van der Waals surface area contributed by atoms with E-state index in [2.05, 4.69) is 15.3 Å². The summed E-state index contributed by atoms with van der Waals surface area (Å²) in [6, 6.07) is 23.9. The predicted molar refractivity (Wildman–Crippen MR) is 145 cm³/mol. The first-order chi connectivity index (χ1) is 18.5. The van der Waals surface area contributed by atoms with Gasteiger partial charge in [-0.3, -0.25) is 4.79 Å². The van der Waals surface area contributed by atoms with Gasteiger partial charge in [0.15, 0.2) is 11.6 Å². The number of hydrogen-bond donors (Lipinski definition) is 2. The van der Waals surface area contributed by atoms with Gasteiger partial charge in [0.1, 0.15) is 5.75 Å². The predicted octanol–water partition coefficient (Wildman–Crippen LogP) is 5.41. The summed E-state index contributed by atoms with van der Waals surface area (Å²) >= 11 is 0. The lowest BCUT2D eigenvalue weighted by Gasteiger charge is -2.32. The van der Waals surface area contributed by atoms with Crippen LogP contribution in [0.2, 0.25) is 0 Å². The Kier molecular flexibility index (Phi) is 8.63. The minimum atomic E-state index is -1.36. The number of hydrogen-bond acceptors (Lipinski definition) is 6. The molecule has 2 atom stereocenters. The summed E-state index contributed by atoms with van der Waals surface area (Å²) in [5.74, 6) is 0.678. The van der Waals surface area contributed by atoms with E-state index in [0.29, 0.717) is 41.5 Å². The largest absolute Gasteiger partial charge is 0.494 e. The molecule has 3 aromatic rings. The number of amides is 1. The number of benzene rings is 3. The van der Waals surface area contributed by atoms with Crippen LogP contribution >= 0.6 is 0 Å². The lowest BCUT2D eigenvalue weighted by atomic mass is 9.81. The molecule has 9 nitrogen and oxygen atoms in total. The average molecular weight is 514 g/mol. The molecule has 0 saturated heterocycles. The quantitative estimate of drug-likeness (QED) is 0.154. The van der Waals surface area contributed by atoms with Crippen molar-refractivity contribution in [3.63, 3.8) is 0 Å². The maximum absolute atomic E-state index is 14.0. The van der Waals surface area contributed by atoms with Crippen molar-refractivity contribution in [2.75, 3.05) is 13.2 Å². The van der Waals surface area contributed by atoms with Crippen LogP contribution in [0.5, 0.6) is 5.75 Å². The number of carbonyl (C=O) groups excluding carboxylic acids is 1. The molecular weight excluding hydrogens is 482 g/mol. The number of aliphatic hydroxyl groups is 1. The third-order valence-electron chi connectivity index (χ3n) is 6.14. The van der Waals surface area contributed by atoms with E-state index in [9.17, 15) is 10.3 Å². The third-order valence-corrected chi connectivity index (χ3v) is 6.14. The topological polar surface area (TPSA) is 129 Å². The van der Waals surface area contributed by atoms with E-state index in [-0.39, 0.29) is 25.0 Å². The van der Waals surface area contributed by atoms with Crippen molar-refractivity contribution in [1.82, 2.24) is 5.32 Å². The minimum absolute atomic E-state index is 0.0589. The Labute approximate surface area is 221 Å². The monoisotopic (exact) mass is 513 g/mol. The highest BCUT2D eigenvalue weighted by Crippen LogP contribution is 2.45. The fourth-order valence-electron chi connectivity index (χ4n) is 4.40. The van der Waals surface area contributed by atoms with Crippen LogP contribution in [0, 0.1) is 0 Å². The molecule has 1 aliphatic heterocycles. The summed E-state index contributed by atoms with van der Waals surface area (Å²) in [7, 11) is 0. The van der Waals surface area contributed by atoms with Gasteiger partial charge in [-0.25, -0.2) is 4.99 Å². The Morgan fingerprint density at radius 2 is 1.84 bits per heavy atom. The number of nitrogens with zero attached hydrogens (tertiary/aromatic N) is 4. The van der Waals surface area contributed by atoms with Crippen molar-refractivity contribution in [3.8, 4) is 5.75 Å². The molecule has 196 valence electrons. The van der Waals surface area contributed by atoms with Crippen LogP contribution in [0.15, 0.2) is 89.0 Å². The van der Waals surface area contributed by atoms with Crippen LogP contribution in [-0.4, -0.2) is 41.7 Å². The summed E-state index contributed by atoms with van der Waals surface area (Å²) in [6.07, 6.45) is -0.0386. The summed E-state index contributed by atoms with van der Waals surface area (Å²) in [5, 5.41) is 15.9. The molecule has 0 saturated carbocycles. The van der Waals surface area contributed by atoms with Gasteiger partial charge < -0.3 is 19.9 Å². The fraction of sp³-hybridized carbons (Fsp3) is 0.310. The van der Waals surface area contributed by atoms with E-state index < -0.39 is 11.6 Å². The SMILES string of the molecule is CC(C)NC(=O)[C@]1(Cc2ccccc2)N=C(c2ccc(OCCCO)cc2)O[C@@H]1c1ccccc1N=[N+]=[N-]. The highest BCUT2D eigenvalue weighted by atomic mass is 16.5. The van der Waals surface area contributed by atoms with Gasteiger partial charge in [-0.1, -0.05) is 59.7 Å². The van der Waals surface area contributed by atoms with Crippen molar-refractivity contribution < 1.29 is 19.4 Å². The number of aliphatic hydroxyl groups excluding tert-OH is 1. The number of ether oxygens (including phenoxy) is 2. The normalized spacial score (nSPS) is 18.3. The first-order valence-corrected chi connectivity index (χ1v) is 12.6. The van der Waals surface area contributed by atoms with Crippen molar-refractivity contribution in [3.05, 3.63) is 106 Å². The molecule has 0 fully saturated rings. The highest BCUT2D eigenvalue weighted by molar-refractivity contribution is 6.01. The molecule has 3 aromatic carbocycles. The first-order valence-electron chi connectivity index (χ1n) is 12.6. The Morgan fingerprint density at radius 1 is 1.13 bits per heavy atom. The summed E-state index contributed by atoms with van der Waals surface area (Å²) in [5.41, 5.74) is 10.4. The number of carbonyl (C=O) groups is 1. The molecule has 0 bridgehead atoms. The number of rotatable bonds is 11. The molecule has 0 spiro atoms. The van der Waals surface area contributed by atoms with E-state index in [4.69, 9.17) is 19.6 Å². The Bertz CT molecular complexity index is 1320. The second-order valence-corrected chi connectivity index (χ2v) is 9.33. The van der Waals surface area contributed by atoms with E-state index in [1.54, 1.807) is 30.3 Å². The summed E-state index contributed by atoms with van der Waals surface area (Å²) in [4.78, 5) is 21.9. The lowest BCUT2D eigenvalue weighted by Crippen LogP contribution is -2.51. The molecule has 2 N–H and O–H groups in total. The lowest BCUT2D eigenvalue weighted by molar-refractivity contribution is -0.129. The van der Waals surface area contributed by atoms with Crippen LogP contribution in [0.3, 0.4) is 0 Å². The summed E-state index contributed by atoms with van der Waals surface area (Å²) in [6.45, 7) is 4.25. The van der Waals surface area contributed by atoms with Crippen molar-refractivity contribution in [2.45, 2.75) is 44.4 Å². The maximum Gasteiger partial charge on any atom is 0.252 e. The van der Waals surface area contributed by atoms with Gasteiger partial charge in [-0.05, 0) is 49.2 Å². The smallest absolute Gasteiger partial charge is 0.252 e. The molecule has 1 heterocycles. The second-order valence-electron chi connectivity index (χ2n) is 9.33. The zero-order valence-electron chi connectivity index (χ0n) is 21.4. The van der Waals surface area contributed by atoms with E-state index >= 15 is 0 Å². The van der Waals surface area contributed by atoms with Gasteiger partial charge in [0.05, 0.1) is 6.61 Å². The van der Waals surface area contributed by atoms with Gasteiger partial charge in [-0.15, -0.1) is 0 Å². The molecule has 1 aliphatic rings. The van der Waals surface area contributed by atoms with Crippen molar-refractivity contribution >= 4 is 17.5 Å². The Morgan fingerprint density at radius 3 is 2.53 bits per heavy atom. The van der Waals surface area contributed by atoms with E-state index in [1.807, 2.05) is 62.4 Å². The average Bonchev–Trinajstić information content (AvgIpc) is 3.30. The Hall–Kier alpha value is -4.33. The zero-order valence-corrected chi connectivity index (χ0v) is 21.4. The maximum atomic E-state index is 14.0. The third kappa shape index (κ3) is 5.96. The second kappa shape index (κ2) is 12.3. The van der Waals surface area contributed by atoms with Crippen LogP contribution in [-0.2, 0) is 16.0 Å². The molecule has 0 unspecified atom stereocenters. The molecule has 0 aliphatic carbocycles. The van der Waals surface area contributed by atoms with Crippen LogP contribution in [0.25, 0.3) is 10.4 Å². The van der Waals surface area contributed by atoms with E-state index in [0.717, 1.165) is 5.56 Å². The van der Waals surface area contributed by atoms with E-state index in [1.165, 1.54) is 0 Å². The number of aliphatic imine (C=N–C) groups is 1. The first kappa shape index (κ1) is 26.7. The van der Waals surface area contributed by atoms with Crippen molar-refractivity contribution in [1.29, 1.82) is 0 Å². The van der Waals surface area contributed by atoms with Crippen LogP contribution in [0.4, 0.5) is 5.69 Å². The number of nitrogens with one attached hydrogen (secondary N) is 1. The van der Waals surface area contributed by atoms with Gasteiger partial charge in [0.25, 0.3) is 5.91 Å². The highest BCUT2D eigenvalue weighted by Gasteiger charge is 2.53. The minimum Gasteiger partial charge on any atom is -0.494 e. The molecule has 4 rings (SSSR count). The van der Waals surface area contributed by atoms with Gasteiger partial charge in [0.2, 0.25) is 5.90 Å². The molecule has 0 radical (unpaired) electrons. The molecular formula is C29H31N5O4. The number of azide groups is 1. The van der Waals surface area contributed by atoms with Gasteiger partial charge in [0, 0.05) is 47.2 Å². The van der Waals surface area contributed by atoms with Gasteiger partial charge >= 0.3 is 0 Å². The molecule has 9 heteroatoms. The summed E-state index contributed by atoms with van der Waals surface area (Å²) < 4.78 is 12.1. The van der Waals surface area contributed by atoms with Crippen molar-refractivity contribution in [2.24, 2.45) is 10.1 Å². The van der Waals surface area contributed by atoms with Crippen LogP contribution < -0.4 is 10.1 Å². The zero-order chi connectivity index (χ0) is 27.0. The van der Waals surface area contributed by atoms with Gasteiger partial charge in [-0.2, -0.15) is 0 Å². The molecule has 38 heavy (non-hydrogen) atoms. The molecule has 0 aromatic heterocycles.